The number of aryl methyl sites for hydroxylation is 1. The highest BCUT2D eigenvalue weighted by atomic mass is 35.5. The molecule has 78 valence electrons. The molecule has 1 aliphatic rings. The van der Waals surface area contributed by atoms with Crippen LogP contribution in [-0.4, -0.2) is 19.6 Å². The summed E-state index contributed by atoms with van der Waals surface area (Å²) in [4.78, 5) is 4.27. The lowest BCUT2D eigenvalue weighted by atomic mass is 10.5. The molecule has 1 unspecified atom stereocenters. The van der Waals surface area contributed by atoms with Gasteiger partial charge in [0, 0.05) is 30.6 Å². The number of halogens is 2. The average Bonchev–Trinajstić information content (AvgIpc) is 2.62. The van der Waals surface area contributed by atoms with Crippen molar-refractivity contribution in [3.8, 4) is 0 Å². The van der Waals surface area contributed by atoms with Gasteiger partial charge in [0.25, 0.3) is 0 Å². The van der Waals surface area contributed by atoms with Crippen LogP contribution in [0.25, 0.3) is 0 Å². The van der Waals surface area contributed by atoms with Crippen LogP contribution in [0.4, 0.5) is 0 Å². The molecule has 2 nitrogen and oxygen atoms in total. The Kier molecular flexibility index (Phi) is 3.01. The highest BCUT2D eigenvalue weighted by Crippen LogP contribution is 2.54. The second kappa shape index (κ2) is 3.95. The van der Waals surface area contributed by atoms with E-state index in [0.29, 0.717) is 5.92 Å². The molecule has 1 aliphatic carbocycles. The standard InChI is InChI=1S/C9H12Cl2N2S/c1-2-13-4-3-12-8(13)14-6-7-5-9(7,10)11/h3-4,7H,2,5-6H2,1H3. The summed E-state index contributed by atoms with van der Waals surface area (Å²) in [6, 6.07) is 0. The van der Waals surface area contributed by atoms with E-state index in [2.05, 4.69) is 16.5 Å². The number of hydrogen-bond acceptors (Lipinski definition) is 2. The van der Waals surface area contributed by atoms with Crippen LogP contribution in [0.15, 0.2) is 17.6 Å². The predicted octanol–water partition coefficient (Wildman–Crippen LogP) is 3.19. The van der Waals surface area contributed by atoms with Gasteiger partial charge in [0.1, 0.15) is 4.33 Å². The van der Waals surface area contributed by atoms with E-state index in [1.807, 2.05) is 12.4 Å². The average molecular weight is 251 g/mol. The lowest BCUT2D eigenvalue weighted by Gasteiger charge is -2.03. The summed E-state index contributed by atoms with van der Waals surface area (Å²) in [7, 11) is 0. The quantitative estimate of drug-likeness (QED) is 0.604. The van der Waals surface area contributed by atoms with Crippen molar-refractivity contribution < 1.29 is 0 Å². The highest BCUT2D eigenvalue weighted by molar-refractivity contribution is 7.99. The zero-order valence-corrected chi connectivity index (χ0v) is 10.2. The fourth-order valence-corrected chi connectivity index (χ4v) is 3.26. The van der Waals surface area contributed by atoms with Crippen LogP contribution in [-0.2, 0) is 6.54 Å². The molecule has 0 spiro atoms. The molecule has 0 N–H and O–H groups in total. The maximum absolute atomic E-state index is 5.95. The Labute approximate surface area is 98.0 Å². The molecule has 1 heterocycles. The molecule has 2 rings (SSSR count). The molecular formula is C9H12Cl2N2S. The minimum Gasteiger partial charge on any atom is -0.326 e. The Morgan fingerprint density at radius 2 is 2.43 bits per heavy atom. The Morgan fingerprint density at radius 3 is 3.00 bits per heavy atom. The van der Waals surface area contributed by atoms with Crippen LogP contribution in [0.2, 0.25) is 0 Å². The molecule has 0 amide bonds. The van der Waals surface area contributed by atoms with Gasteiger partial charge in [-0.1, -0.05) is 11.8 Å². The van der Waals surface area contributed by atoms with Crippen LogP contribution in [0.3, 0.4) is 0 Å². The molecule has 1 saturated carbocycles. The van der Waals surface area contributed by atoms with Crippen LogP contribution in [0.5, 0.6) is 0 Å². The molecule has 0 saturated heterocycles. The minimum absolute atomic E-state index is 0.429. The number of imidazole rings is 1. The van der Waals surface area contributed by atoms with E-state index < -0.39 is 4.33 Å². The lowest BCUT2D eigenvalue weighted by molar-refractivity contribution is 0.680. The maximum Gasteiger partial charge on any atom is 0.167 e. The van der Waals surface area contributed by atoms with Gasteiger partial charge >= 0.3 is 0 Å². The van der Waals surface area contributed by atoms with Gasteiger partial charge in [0.15, 0.2) is 5.16 Å². The second-order valence-electron chi connectivity index (χ2n) is 3.47. The van der Waals surface area contributed by atoms with E-state index >= 15 is 0 Å². The Bertz CT molecular complexity index is 324. The molecule has 1 aromatic rings. The van der Waals surface area contributed by atoms with Gasteiger partial charge in [0.05, 0.1) is 0 Å². The molecule has 0 bridgehead atoms. The van der Waals surface area contributed by atoms with E-state index in [4.69, 9.17) is 23.2 Å². The van der Waals surface area contributed by atoms with Gasteiger partial charge in [0.2, 0.25) is 0 Å². The molecule has 0 aromatic carbocycles. The first kappa shape index (κ1) is 10.7. The summed E-state index contributed by atoms with van der Waals surface area (Å²) >= 11 is 13.6. The number of nitrogens with zero attached hydrogens (tertiary/aromatic N) is 2. The van der Waals surface area contributed by atoms with Crippen molar-refractivity contribution in [2.24, 2.45) is 5.92 Å². The molecule has 0 radical (unpaired) electrons. The topological polar surface area (TPSA) is 17.8 Å². The summed E-state index contributed by atoms with van der Waals surface area (Å²) in [6.07, 6.45) is 4.73. The molecule has 5 heteroatoms. The molecule has 0 aliphatic heterocycles. The number of hydrogen-bond donors (Lipinski definition) is 0. The second-order valence-corrected chi connectivity index (χ2v) is 6.00. The van der Waals surface area contributed by atoms with E-state index in [0.717, 1.165) is 23.9 Å². The highest BCUT2D eigenvalue weighted by Gasteiger charge is 2.51. The summed E-state index contributed by atoms with van der Waals surface area (Å²) in [5.74, 6) is 1.39. The van der Waals surface area contributed by atoms with E-state index in [1.165, 1.54) is 0 Å². The smallest absolute Gasteiger partial charge is 0.167 e. The first-order chi connectivity index (χ1) is 6.63. The predicted molar refractivity (Wildman–Crippen MR) is 61.2 cm³/mol. The zero-order valence-electron chi connectivity index (χ0n) is 7.91. The van der Waals surface area contributed by atoms with E-state index in [1.54, 1.807) is 11.8 Å². The summed E-state index contributed by atoms with van der Waals surface area (Å²) in [5.41, 5.74) is 0. The fraction of sp³-hybridized carbons (Fsp3) is 0.667. The van der Waals surface area contributed by atoms with Crippen molar-refractivity contribution in [3.05, 3.63) is 12.4 Å². The van der Waals surface area contributed by atoms with Gasteiger partial charge in [-0.3, -0.25) is 0 Å². The van der Waals surface area contributed by atoms with Gasteiger partial charge in [-0.05, 0) is 13.3 Å². The lowest BCUT2D eigenvalue weighted by Crippen LogP contribution is -1.98. The largest absolute Gasteiger partial charge is 0.326 e. The normalized spacial score (nSPS) is 23.8. The Morgan fingerprint density at radius 1 is 1.71 bits per heavy atom. The molecule has 1 aromatic heterocycles. The number of aromatic nitrogens is 2. The monoisotopic (exact) mass is 250 g/mol. The van der Waals surface area contributed by atoms with Crippen molar-refractivity contribution in [2.75, 3.05) is 5.75 Å². The summed E-state index contributed by atoms with van der Waals surface area (Å²) < 4.78 is 1.66. The van der Waals surface area contributed by atoms with Crippen molar-refractivity contribution in [1.29, 1.82) is 0 Å². The Hall–Kier alpha value is 0.140. The van der Waals surface area contributed by atoms with Crippen LogP contribution >= 0.6 is 35.0 Å². The van der Waals surface area contributed by atoms with Gasteiger partial charge < -0.3 is 4.57 Å². The third kappa shape index (κ3) is 2.20. The number of rotatable bonds is 4. The fourth-order valence-electron chi connectivity index (χ4n) is 1.30. The summed E-state index contributed by atoms with van der Waals surface area (Å²) in [6.45, 7) is 3.07. The first-order valence-corrected chi connectivity index (χ1v) is 6.39. The number of alkyl halides is 2. The van der Waals surface area contributed by atoms with Gasteiger partial charge in [-0.15, -0.1) is 23.2 Å². The zero-order chi connectivity index (χ0) is 10.2. The number of thioether (sulfide) groups is 1. The minimum atomic E-state index is -0.462. The van der Waals surface area contributed by atoms with E-state index in [9.17, 15) is 0 Å². The summed E-state index contributed by atoms with van der Waals surface area (Å²) in [5, 5.41) is 1.06. The Balaban J connectivity index is 1.87. The van der Waals surface area contributed by atoms with Gasteiger partial charge in [-0.2, -0.15) is 0 Å². The van der Waals surface area contributed by atoms with Crippen LogP contribution in [0, 0.1) is 5.92 Å². The molecular weight excluding hydrogens is 239 g/mol. The molecule has 1 atom stereocenters. The maximum atomic E-state index is 5.95. The van der Waals surface area contributed by atoms with Gasteiger partial charge in [-0.25, -0.2) is 4.98 Å². The van der Waals surface area contributed by atoms with Crippen molar-refractivity contribution >= 4 is 35.0 Å². The SMILES string of the molecule is CCn1ccnc1SCC1CC1(Cl)Cl. The van der Waals surface area contributed by atoms with Crippen LogP contribution < -0.4 is 0 Å². The third-order valence-electron chi connectivity index (χ3n) is 2.39. The molecule has 14 heavy (non-hydrogen) atoms. The van der Waals surface area contributed by atoms with Crippen molar-refractivity contribution in [2.45, 2.75) is 29.4 Å². The van der Waals surface area contributed by atoms with Crippen LogP contribution in [0.1, 0.15) is 13.3 Å². The van der Waals surface area contributed by atoms with Crippen molar-refractivity contribution in [3.63, 3.8) is 0 Å². The molecule has 1 fully saturated rings. The van der Waals surface area contributed by atoms with Crippen molar-refractivity contribution in [1.82, 2.24) is 9.55 Å². The van der Waals surface area contributed by atoms with E-state index in [-0.39, 0.29) is 0 Å². The third-order valence-corrected chi connectivity index (χ3v) is 4.48. The first-order valence-electron chi connectivity index (χ1n) is 4.65.